The molecular weight excluding hydrogens is 283 g/mol. The van der Waals surface area contributed by atoms with Gasteiger partial charge in [-0.1, -0.05) is 19.9 Å². The van der Waals surface area contributed by atoms with E-state index in [0.717, 1.165) is 0 Å². The summed E-state index contributed by atoms with van der Waals surface area (Å²) in [5.74, 6) is -0.628. The SMILES string of the molecule is CCOC(=O)C1(C(C)C)CCN(c2cccc(F)c2C#N)C1. The fraction of sp³-hybridized carbons (Fsp3) is 0.529. The fourth-order valence-electron chi connectivity index (χ4n) is 3.07. The first-order valence-electron chi connectivity index (χ1n) is 7.57. The fourth-order valence-corrected chi connectivity index (χ4v) is 3.07. The molecule has 1 aliphatic rings. The Hall–Kier alpha value is -2.09. The largest absolute Gasteiger partial charge is 0.466 e. The number of anilines is 1. The zero-order valence-electron chi connectivity index (χ0n) is 13.2. The molecule has 0 saturated carbocycles. The Kier molecular flexibility index (Phi) is 4.70. The second-order valence-electron chi connectivity index (χ2n) is 5.95. The number of carbonyl (C=O) groups is 1. The van der Waals surface area contributed by atoms with Gasteiger partial charge in [0.15, 0.2) is 0 Å². The van der Waals surface area contributed by atoms with Gasteiger partial charge in [-0.15, -0.1) is 0 Å². The van der Waals surface area contributed by atoms with Crippen molar-refractivity contribution in [3.63, 3.8) is 0 Å². The molecule has 1 heterocycles. The zero-order valence-corrected chi connectivity index (χ0v) is 13.2. The summed E-state index contributed by atoms with van der Waals surface area (Å²) in [6.45, 7) is 7.18. The molecule has 1 fully saturated rings. The molecule has 1 atom stereocenters. The minimum Gasteiger partial charge on any atom is -0.466 e. The molecule has 5 heteroatoms. The van der Waals surface area contributed by atoms with E-state index in [1.165, 1.54) is 6.07 Å². The smallest absolute Gasteiger partial charge is 0.314 e. The zero-order chi connectivity index (χ0) is 16.3. The molecule has 118 valence electrons. The second-order valence-corrected chi connectivity index (χ2v) is 5.95. The molecule has 2 rings (SSSR count). The van der Waals surface area contributed by atoms with Crippen molar-refractivity contribution in [1.29, 1.82) is 5.26 Å². The highest BCUT2D eigenvalue weighted by molar-refractivity contribution is 5.79. The van der Waals surface area contributed by atoms with Crippen LogP contribution < -0.4 is 4.90 Å². The maximum Gasteiger partial charge on any atom is 0.314 e. The van der Waals surface area contributed by atoms with Crippen LogP contribution in [0, 0.1) is 28.5 Å². The van der Waals surface area contributed by atoms with Crippen molar-refractivity contribution in [2.75, 3.05) is 24.6 Å². The van der Waals surface area contributed by atoms with Crippen molar-refractivity contribution in [3.8, 4) is 6.07 Å². The lowest BCUT2D eigenvalue weighted by molar-refractivity contribution is -0.156. The number of hydrogen-bond donors (Lipinski definition) is 0. The summed E-state index contributed by atoms with van der Waals surface area (Å²) in [5, 5.41) is 9.18. The molecule has 0 amide bonds. The molecule has 0 N–H and O–H groups in total. The number of esters is 1. The standard InChI is InChI=1S/C17H21FN2O2/c1-4-22-16(21)17(12(2)3)8-9-20(11-17)15-7-5-6-14(18)13(15)10-19/h5-7,12H,4,8-9,11H2,1-3H3. The summed E-state index contributed by atoms with van der Waals surface area (Å²) in [6, 6.07) is 6.51. The molecular formula is C17H21FN2O2. The number of halogens is 1. The van der Waals surface area contributed by atoms with Gasteiger partial charge in [-0.2, -0.15) is 5.26 Å². The molecule has 4 nitrogen and oxygen atoms in total. The normalized spacial score (nSPS) is 21.0. The van der Waals surface area contributed by atoms with Gasteiger partial charge >= 0.3 is 5.97 Å². The summed E-state index contributed by atoms with van der Waals surface area (Å²) < 4.78 is 19.0. The topological polar surface area (TPSA) is 53.3 Å². The number of ether oxygens (including phenoxy) is 1. The van der Waals surface area contributed by atoms with E-state index in [1.807, 2.05) is 24.8 Å². The Bertz CT molecular complexity index is 609. The van der Waals surface area contributed by atoms with Crippen LogP contribution in [0.2, 0.25) is 0 Å². The molecule has 0 bridgehead atoms. The molecule has 1 aromatic rings. The van der Waals surface area contributed by atoms with E-state index in [1.54, 1.807) is 19.1 Å². The molecule has 1 aliphatic heterocycles. The van der Waals surface area contributed by atoms with Gasteiger partial charge in [0.25, 0.3) is 0 Å². The number of nitrogens with zero attached hydrogens (tertiary/aromatic N) is 2. The number of hydrogen-bond acceptors (Lipinski definition) is 4. The van der Waals surface area contributed by atoms with Crippen LogP contribution in [-0.2, 0) is 9.53 Å². The minimum atomic E-state index is -0.602. The molecule has 22 heavy (non-hydrogen) atoms. The van der Waals surface area contributed by atoms with Gasteiger partial charge in [0.1, 0.15) is 17.4 Å². The van der Waals surface area contributed by atoms with Crippen LogP contribution in [-0.4, -0.2) is 25.7 Å². The van der Waals surface area contributed by atoms with Gasteiger partial charge < -0.3 is 9.64 Å². The van der Waals surface area contributed by atoms with Gasteiger partial charge in [0, 0.05) is 13.1 Å². The monoisotopic (exact) mass is 304 g/mol. The molecule has 0 aromatic heterocycles. The summed E-state index contributed by atoms with van der Waals surface area (Å²) in [7, 11) is 0. The van der Waals surface area contributed by atoms with Crippen LogP contribution in [0.3, 0.4) is 0 Å². The quantitative estimate of drug-likeness (QED) is 0.802. The number of rotatable bonds is 4. The summed E-state index contributed by atoms with van der Waals surface area (Å²) in [4.78, 5) is 14.3. The van der Waals surface area contributed by atoms with Gasteiger partial charge in [-0.05, 0) is 31.4 Å². The predicted molar refractivity (Wildman–Crippen MR) is 81.8 cm³/mol. The van der Waals surface area contributed by atoms with Crippen molar-refractivity contribution >= 4 is 11.7 Å². The Balaban J connectivity index is 2.34. The third-order valence-electron chi connectivity index (χ3n) is 4.53. The molecule has 0 radical (unpaired) electrons. The van der Waals surface area contributed by atoms with Gasteiger partial charge in [-0.3, -0.25) is 4.79 Å². The molecule has 1 aromatic carbocycles. The maximum atomic E-state index is 13.8. The molecule has 0 spiro atoms. The van der Waals surface area contributed by atoms with E-state index in [9.17, 15) is 14.4 Å². The van der Waals surface area contributed by atoms with Crippen molar-refractivity contribution in [2.24, 2.45) is 11.3 Å². The minimum absolute atomic E-state index is 0.0333. The Morgan fingerprint density at radius 3 is 2.86 bits per heavy atom. The number of carbonyl (C=O) groups excluding carboxylic acids is 1. The lowest BCUT2D eigenvalue weighted by Gasteiger charge is -2.31. The second kappa shape index (κ2) is 6.35. The average Bonchev–Trinajstić information content (AvgIpc) is 2.93. The van der Waals surface area contributed by atoms with E-state index >= 15 is 0 Å². The van der Waals surface area contributed by atoms with Crippen molar-refractivity contribution in [3.05, 3.63) is 29.6 Å². The van der Waals surface area contributed by atoms with Crippen LogP contribution >= 0.6 is 0 Å². The summed E-state index contributed by atoms with van der Waals surface area (Å²) >= 11 is 0. The van der Waals surface area contributed by atoms with Crippen LogP contribution in [0.5, 0.6) is 0 Å². The maximum absolute atomic E-state index is 13.8. The van der Waals surface area contributed by atoms with E-state index in [4.69, 9.17) is 4.74 Å². The highest BCUT2D eigenvalue weighted by atomic mass is 19.1. The Morgan fingerprint density at radius 2 is 2.27 bits per heavy atom. The summed E-state index contributed by atoms with van der Waals surface area (Å²) in [6.07, 6.45) is 0.644. The first-order chi connectivity index (χ1) is 10.5. The summed E-state index contributed by atoms with van der Waals surface area (Å²) in [5.41, 5.74) is -0.0186. The van der Waals surface area contributed by atoms with Crippen molar-refractivity contribution in [2.45, 2.75) is 27.2 Å². The molecule has 0 aliphatic carbocycles. The first kappa shape index (κ1) is 16.3. The highest BCUT2D eigenvalue weighted by Gasteiger charge is 2.48. The molecule has 1 saturated heterocycles. The Morgan fingerprint density at radius 1 is 1.55 bits per heavy atom. The first-order valence-corrected chi connectivity index (χ1v) is 7.57. The van der Waals surface area contributed by atoms with E-state index in [-0.39, 0.29) is 17.5 Å². The number of nitriles is 1. The van der Waals surface area contributed by atoms with Gasteiger partial charge in [0.2, 0.25) is 0 Å². The van der Waals surface area contributed by atoms with E-state index in [2.05, 4.69) is 0 Å². The van der Waals surface area contributed by atoms with E-state index < -0.39 is 11.2 Å². The third kappa shape index (κ3) is 2.66. The van der Waals surface area contributed by atoms with Gasteiger partial charge in [0.05, 0.1) is 17.7 Å². The lowest BCUT2D eigenvalue weighted by atomic mass is 9.76. The average molecular weight is 304 g/mol. The van der Waals surface area contributed by atoms with Crippen LogP contribution in [0.15, 0.2) is 18.2 Å². The lowest BCUT2D eigenvalue weighted by Crippen LogP contribution is -2.40. The third-order valence-corrected chi connectivity index (χ3v) is 4.53. The van der Waals surface area contributed by atoms with Crippen molar-refractivity contribution < 1.29 is 13.9 Å². The Labute approximate surface area is 130 Å². The highest BCUT2D eigenvalue weighted by Crippen LogP contribution is 2.41. The van der Waals surface area contributed by atoms with Crippen molar-refractivity contribution in [1.82, 2.24) is 0 Å². The van der Waals surface area contributed by atoms with Gasteiger partial charge in [-0.25, -0.2) is 4.39 Å². The molecule has 1 unspecified atom stereocenters. The number of benzene rings is 1. The van der Waals surface area contributed by atoms with Crippen LogP contribution in [0.25, 0.3) is 0 Å². The van der Waals surface area contributed by atoms with Crippen LogP contribution in [0.1, 0.15) is 32.8 Å². The van der Waals surface area contributed by atoms with Crippen LogP contribution in [0.4, 0.5) is 10.1 Å². The van der Waals surface area contributed by atoms with E-state index in [0.29, 0.717) is 31.8 Å². The predicted octanol–water partition coefficient (Wildman–Crippen LogP) is 3.11.